The van der Waals surface area contributed by atoms with E-state index in [0.717, 1.165) is 32.7 Å². The topological polar surface area (TPSA) is 33.1 Å². The Hall–Kier alpha value is -0.870. The summed E-state index contributed by atoms with van der Waals surface area (Å²) >= 11 is 0. The van der Waals surface area contributed by atoms with Crippen LogP contribution in [0.3, 0.4) is 0 Å². The lowest BCUT2D eigenvalue weighted by Crippen LogP contribution is -2.25. The minimum absolute atomic E-state index is 0.694. The molecule has 0 saturated carbocycles. The molecule has 0 aliphatic carbocycles. The average Bonchev–Trinajstić information content (AvgIpc) is 2.82. The standard InChI is InChI=1S/C15H30N4/c1-5-18(6-2)8-7-9-19-13-17-12-15(19)11-16-10-14(3)4/h12-14,16H,5-11H2,1-4H3. The maximum atomic E-state index is 4.27. The molecule has 110 valence electrons. The van der Waals surface area contributed by atoms with Crippen LogP contribution in [0, 0.1) is 5.92 Å². The number of imidazole rings is 1. The van der Waals surface area contributed by atoms with E-state index in [9.17, 15) is 0 Å². The molecule has 4 heteroatoms. The Morgan fingerprint density at radius 3 is 2.68 bits per heavy atom. The summed E-state index contributed by atoms with van der Waals surface area (Å²) in [5, 5.41) is 3.48. The van der Waals surface area contributed by atoms with Crippen LogP contribution in [-0.2, 0) is 13.1 Å². The summed E-state index contributed by atoms with van der Waals surface area (Å²) in [6.07, 6.45) is 5.12. The Bertz CT molecular complexity index is 329. The van der Waals surface area contributed by atoms with Crippen LogP contribution in [0.25, 0.3) is 0 Å². The van der Waals surface area contributed by atoms with Crippen molar-refractivity contribution in [2.24, 2.45) is 5.92 Å². The van der Waals surface area contributed by atoms with Gasteiger partial charge in [0.15, 0.2) is 0 Å². The number of rotatable bonds is 10. The first kappa shape index (κ1) is 16.2. The second-order valence-electron chi connectivity index (χ2n) is 5.48. The molecule has 1 N–H and O–H groups in total. The van der Waals surface area contributed by atoms with Crippen LogP contribution >= 0.6 is 0 Å². The summed E-state index contributed by atoms with van der Waals surface area (Å²) < 4.78 is 2.27. The third-order valence-electron chi connectivity index (χ3n) is 3.43. The van der Waals surface area contributed by atoms with Crippen LogP contribution in [0.15, 0.2) is 12.5 Å². The molecule has 1 aromatic heterocycles. The van der Waals surface area contributed by atoms with E-state index in [-0.39, 0.29) is 0 Å². The molecule has 0 atom stereocenters. The summed E-state index contributed by atoms with van der Waals surface area (Å²) in [5.74, 6) is 0.694. The lowest BCUT2D eigenvalue weighted by Gasteiger charge is -2.18. The van der Waals surface area contributed by atoms with Gasteiger partial charge < -0.3 is 14.8 Å². The van der Waals surface area contributed by atoms with E-state index in [2.05, 4.69) is 47.5 Å². The van der Waals surface area contributed by atoms with E-state index in [1.54, 1.807) is 0 Å². The minimum atomic E-state index is 0.694. The Morgan fingerprint density at radius 2 is 2.05 bits per heavy atom. The molecule has 1 aromatic rings. The fourth-order valence-corrected chi connectivity index (χ4v) is 2.19. The Morgan fingerprint density at radius 1 is 1.32 bits per heavy atom. The van der Waals surface area contributed by atoms with Gasteiger partial charge in [-0.25, -0.2) is 4.98 Å². The smallest absolute Gasteiger partial charge is 0.0948 e. The molecular formula is C15H30N4. The van der Waals surface area contributed by atoms with Crippen molar-refractivity contribution in [3.63, 3.8) is 0 Å². The van der Waals surface area contributed by atoms with Crippen molar-refractivity contribution in [3.05, 3.63) is 18.2 Å². The van der Waals surface area contributed by atoms with Gasteiger partial charge in [0, 0.05) is 19.3 Å². The first-order chi connectivity index (χ1) is 9.17. The van der Waals surface area contributed by atoms with Crippen molar-refractivity contribution < 1.29 is 0 Å². The second kappa shape index (κ2) is 9.10. The Labute approximate surface area is 118 Å². The molecule has 0 amide bonds. The number of nitrogens with one attached hydrogen (secondary N) is 1. The highest BCUT2D eigenvalue weighted by molar-refractivity contribution is 4.97. The van der Waals surface area contributed by atoms with Crippen LogP contribution in [0.4, 0.5) is 0 Å². The second-order valence-corrected chi connectivity index (χ2v) is 5.48. The van der Waals surface area contributed by atoms with Crippen molar-refractivity contribution in [3.8, 4) is 0 Å². The summed E-state index contributed by atoms with van der Waals surface area (Å²) in [7, 11) is 0. The third-order valence-corrected chi connectivity index (χ3v) is 3.43. The largest absolute Gasteiger partial charge is 0.333 e. The van der Waals surface area contributed by atoms with Crippen LogP contribution in [0.5, 0.6) is 0 Å². The third kappa shape index (κ3) is 6.21. The van der Waals surface area contributed by atoms with Crippen LogP contribution < -0.4 is 5.32 Å². The molecule has 0 aliphatic heterocycles. The van der Waals surface area contributed by atoms with E-state index >= 15 is 0 Å². The maximum absolute atomic E-state index is 4.27. The maximum Gasteiger partial charge on any atom is 0.0948 e. The predicted molar refractivity (Wildman–Crippen MR) is 81.2 cm³/mol. The van der Waals surface area contributed by atoms with Crippen LogP contribution in [-0.4, -0.2) is 40.6 Å². The van der Waals surface area contributed by atoms with E-state index in [1.165, 1.54) is 18.7 Å². The number of hydrogen-bond donors (Lipinski definition) is 1. The van der Waals surface area contributed by atoms with E-state index in [0.29, 0.717) is 5.92 Å². The van der Waals surface area contributed by atoms with Gasteiger partial charge in [-0.15, -0.1) is 0 Å². The summed E-state index contributed by atoms with van der Waals surface area (Å²) in [4.78, 5) is 6.73. The lowest BCUT2D eigenvalue weighted by atomic mass is 10.2. The van der Waals surface area contributed by atoms with Gasteiger partial charge in [0.2, 0.25) is 0 Å². The molecule has 0 fully saturated rings. The highest BCUT2D eigenvalue weighted by atomic mass is 15.1. The fourth-order valence-electron chi connectivity index (χ4n) is 2.19. The molecule has 1 rings (SSSR count). The molecule has 19 heavy (non-hydrogen) atoms. The van der Waals surface area contributed by atoms with Gasteiger partial charge in [0.25, 0.3) is 0 Å². The summed E-state index contributed by atoms with van der Waals surface area (Å²) in [6, 6.07) is 0. The Balaban J connectivity index is 2.32. The van der Waals surface area contributed by atoms with Gasteiger partial charge in [0.1, 0.15) is 0 Å². The number of nitrogens with zero attached hydrogens (tertiary/aromatic N) is 3. The monoisotopic (exact) mass is 266 g/mol. The predicted octanol–water partition coefficient (Wildman–Crippen LogP) is 2.36. The molecule has 0 spiro atoms. The van der Waals surface area contributed by atoms with Crippen LogP contribution in [0.2, 0.25) is 0 Å². The van der Waals surface area contributed by atoms with Crippen molar-refractivity contribution in [2.45, 2.75) is 47.2 Å². The Kier molecular flexibility index (Phi) is 7.75. The normalized spacial score (nSPS) is 11.7. The molecule has 0 saturated heterocycles. The van der Waals surface area contributed by atoms with Gasteiger partial charge in [-0.2, -0.15) is 0 Å². The van der Waals surface area contributed by atoms with Gasteiger partial charge in [-0.1, -0.05) is 27.7 Å². The SMILES string of the molecule is CCN(CC)CCCn1cncc1CNCC(C)C. The van der Waals surface area contributed by atoms with Crippen molar-refractivity contribution >= 4 is 0 Å². The highest BCUT2D eigenvalue weighted by Gasteiger charge is 2.04. The van der Waals surface area contributed by atoms with Crippen LogP contribution in [0.1, 0.15) is 39.8 Å². The minimum Gasteiger partial charge on any atom is -0.333 e. The van der Waals surface area contributed by atoms with E-state index in [4.69, 9.17) is 0 Å². The van der Waals surface area contributed by atoms with E-state index < -0.39 is 0 Å². The number of aryl methyl sites for hydroxylation is 1. The molecule has 0 aromatic carbocycles. The molecule has 0 bridgehead atoms. The zero-order chi connectivity index (χ0) is 14.1. The lowest BCUT2D eigenvalue weighted by molar-refractivity contribution is 0.292. The first-order valence-corrected chi connectivity index (χ1v) is 7.59. The van der Waals surface area contributed by atoms with Gasteiger partial charge >= 0.3 is 0 Å². The zero-order valence-corrected chi connectivity index (χ0v) is 13.0. The van der Waals surface area contributed by atoms with Gasteiger partial charge in [-0.3, -0.25) is 0 Å². The van der Waals surface area contributed by atoms with Crippen molar-refractivity contribution in [1.82, 2.24) is 19.8 Å². The van der Waals surface area contributed by atoms with Gasteiger partial charge in [0.05, 0.1) is 12.0 Å². The molecule has 4 nitrogen and oxygen atoms in total. The highest BCUT2D eigenvalue weighted by Crippen LogP contribution is 2.02. The fraction of sp³-hybridized carbons (Fsp3) is 0.800. The summed E-state index contributed by atoms with van der Waals surface area (Å²) in [5.41, 5.74) is 1.29. The van der Waals surface area contributed by atoms with Crippen molar-refractivity contribution in [1.29, 1.82) is 0 Å². The number of aromatic nitrogens is 2. The quantitative estimate of drug-likeness (QED) is 0.706. The zero-order valence-electron chi connectivity index (χ0n) is 13.0. The first-order valence-electron chi connectivity index (χ1n) is 7.59. The molecule has 1 heterocycles. The molecule has 0 aliphatic rings. The molecular weight excluding hydrogens is 236 g/mol. The average molecular weight is 266 g/mol. The van der Waals surface area contributed by atoms with Crippen molar-refractivity contribution in [2.75, 3.05) is 26.2 Å². The summed E-state index contributed by atoms with van der Waals surface area (Å²) in [6.45, 7) is 15.4. The van der Waals surface area contributed by atoms with Gasteiger partial charge in [-0.05, 0) is 38.5 Å². The van der Waals surface area contributed by atoms with E-state index in [1.807, 2.05) is 12.5 Å². The molecule has 0 unspecified atom stereocenters. The number of hydrogen-bond acceptors (Lipinski definition) is 3. The molecule has 0 radical (unpaired) electrons.